The van der Waals surface area contributed by atoms with Crippen molar-refractivity contribution in [3.05, 3.63) is 23.8 Å². The Morgan fingerprint density at radius 3 is 3.04 bits per heavy atom. The van der Waals surface area contributed by atoms with Gasteiger partial charge in [0.15, 0.2) is 17.5 Å². The second kappa shape index (κ2) is 9.64. The van der Waals surface area contributed by atoms with Crippen LogP contribution >= 0.6 is 0 Å². The Morgan fingerprint density at radius 2 is 2.19 bits per heavy atom. The van der Waals surface area contributed by atoms with Gasteiger partial charge in [0.2, 0.25) is 6.79 Å². The molecule has 1 saturated heterocycles. The molecule has 2 aliphatic rings. The number of hydrogen-bond donors (Lipinski definition) is 1. The van der Waals surface area contributed by atoms with E-state index in [0.29, 0.717) is 32.5 Å². The summed E-state index contributed by atoms with van der Waals surface area (Å²) in [5.74, 6) is 3.11. The lowest BCUT2D eigenvalue weighted by atomic mass is 10.1. The third-order valence-electron chi connectivity index (χ3n) is 4.55. The van der Waals surface area contributed by atoms with Crippen LogP contribution in [0.5, 0.6) is 11.5 Å². The Balaban J connectivity index is 1.54. The maximum Gasteiger partial charge on any atom is 0.231 e. The molecule has 0 saturated carbocycles. The van der Waals surface area contributed by atoms with Crippen molar-refractivity contribution in [2.45, 2.75) is 19.9 Å². The molecule has 2 heterocycles. The van der Waals surface area contributed by atoms with E-state index in [1.54, 1.807) is 7.11 Å². The molecule has 0 amide bonds. The smallest absolute Gasteiger partial charge is 0.231 e. The van der Waals surface area contributed by atoms with Crippen LogP contribution in [0.1, 0.15) is 18.9 Å². The molecule has 144 valence electrons. The molecule has 1 aromatic carbocycles. The molecular formula is C19H29N3O4. The molecule has 2 aliphatic heterocycles. The van der Waals surface area contributed by atoms with Gasteiger partial charge in [-0.2, -0.15) is 0 Å². The van der Waals surface area contributed by atoms with E-state index in [-0.39, 0.29) is 0 Å². The number of benzene rings is 1. The van der Waals surface area contributed by atoms with Gasteiger partial charge in [-0.25, -0.2) is 4.99 Å². The number of nitrogens with zero attached hydrogens (tertiary/aromatic N) is 2. The van der Waals surface area contributed by atoms with Crippen LogP contribution in [0.25, 0.3) is 0 Å². The van der Waals surface area contributed by atoms with Crippen molar-refractivity contribution >= 4 is 5.96 Å². The van der Waals surface area contributed by atoms with Crippen molar-refractivity contribution in [2.24, 2.45) is 10.9 Å². The number of ether oxygens (including phenoxy) is 4. The Hall–Kier alpha value is -1.99. The molecule has 26 heavy (non-hydrogen) atoms. The van der Waals surface area contributed by atoms with Crippen LogP contribution in [-0.2, 0) is 16.0 Å². The number of guanidine groups is 1. The number of hydrogen-bond acceptors (Lipinski definition) is 5. The molecule has 1 fully saturated rings. The van der Waals surface area contributed by atoms with Crippen LogP contribution in [0, 0.1) is 5.92 Å². The topological polar surface area (TPSA) is 64.6 Å². The molecule has 0 spiro atoms. The number of likely N-dealkylation sites (tertiary alicyclic amines) is 1. The summed E-state index contributed by atoms with van der Waals surface area (Å²) in [5.41, 5.74) is 1.11. The van der Waals surface area contributed by atoms with Crippen LogP contribution in [0.4, 0.5) is 0 Å². The summed E-state index contributed by atoms with van der Waals surface area (Å²) in [4.78, 5) is 7.13. The zero-order valence-electron chi connectivity index (χ0n) is 15.7. The van der Waals surface area contributed by atoms with E-state index in [0.717, 1.165) is 55.7 Å². The highest BCUT2D eigenvalue weighted by Crippen LogP contribution is 2.32. The molecule has 1 atom stereocenters. The summed E-state index contributed by atoms with van der Waals surface area (Å²) < 4.78 is 21.5. The van der Waals surface area contributed by atoms with E-state index in [1.165, 1.54) is 0 Å². The van der Waals surface area contributed by atoms with Gasteiger partial charge in [-0.15, -0.1) is 0 Å². The number of methoxy groups -OCH3 is 1. The minimum absolute atomic E-state index is 0.298. The van der Waals surface area contributed by atoms with Crippen molar-refractivity contribution in [2.75, 3.05) is 53.4 Å². The maximum absolute atomic E-state index is 5.68. The van der Waals surface area contributed by atoms with Crippen molar-refractivity contribution in [1.29, 1.82) is 0 Å². The van der Waals surface area contributed by atoms with Gasteiger partial charge in [0.05, 0.1) is 26.4 Å². The summed E-state index contributed by atoms with van der Waals surface area (Å²) >= 11 is 0. The molecule has 1 aromatic rings. The highest BCUT2D eigenvalue weighted by atomic mass is 16.7. The molecule has 0 aromatic heterocycles. The van der Waals surface area contributed by atoms with Crippen molar-refractivity contribution in [1.82, 2.24) is 10.2 Å². The summed E-state index contributed by atoms with van der Waals surface area (Å²) in [6, 6.07) is 5.99. The first-order valence-electron chi connectivity index (χ1n) is 9.28. The average molecular weight is 363 g/mol. The molecule has 0 radical (unpaired) electrons. The normalized spacial score (nSPS) is 19.2. The van der Waals surface area contributed by atoms with Gasteiger partial charge in [-0.1, -0.05) is 6.07 Å². The second-order valence-electron chi connectivity index (χ2n) is 6.53. The molecule has 0 aliphatic carbocycles. The highest BCUT2D eigenvalue weighted by molar-refractivity contribution is 5.80. The molecular weight excluding hydrogens is 334 g/mol. The lowest BCUT2D eigenvalue weighted by Gasteiger charge is -2.21. The fourth-order valence-electron chi connectivity index (χ4n) is 3.18. The molecule has 3 rings (SSSR count). The molecule has 1 unspecified atom stereocenters. The van der Waals surface area contributed by atoms with Gasteiger partial charge >= 0.3 is 0 Å². The van der Waals surface area contributed by atoms with Crippen LogP contribution in [0.3, 0.4) is 0 Å². The minimum Gasteiger partial charge on any atom is -0.454 e. The van der Waals surface area contributed by atoms with Gasteiger partial charge in [-0.3, -0.25) is 0 Å². The first kappa shape index (κ1) is 18.8. The zero-order valence-corrected chi connectivity index (χ0v) is 15.7. The molecule has 0 bridgehead atoms. The van der Waals surface area contributed by atoms with Gasteiger partial charge in [0.25, 0.3) is 0 Å². The second-order valence-corrected chi connectivity index (χ2v) is 6.53. The molecule has 7 nitrogen and oxygen atoms in total. The Bertz CT molecular complexity index is 608. The summed E-state index contributed by atoms with van der Waals surface area (Å²) in [6.07, 6.45) is 1.13. The lowest BCUT2D eigenvalue weighted by molar-refractivity contribution is 0.0536. The predicted molar refractivity (Wildman–Crippen MR) is 99.8 cm³/mol. The third-order valence-corrected chi connectivity index (χ3v) is 4.55. The van der Waals surface area contributed by atoms with E-state index in [2.05, 4.69) is 17.1 Å². The minimum atomic E-state index is 0.298. The predicted octanol–water partition coefficient (Wildman–Crippen LogP) is 1.87. The highest BCUT2D eigenvalue weighted by Gasteiger charge is 2.25. The summed E-state index contributed by atoms with van der Waals surface area (Å²) in [7, 11) is 1.69. The first-order valence-corrected chi connectivity index (χ1v) is 9.28. The Kier molecular flexibility index (Phi) is 6.96. The zero-order chi connectivity index (χ0) is 18.2. The third kappa shape index (κ3) is 5.02. The van der Waals surface area contributed by atoms with Gasteiger partial charge < -0.3 is 29.2 Å². The number of nitrogens with one attached hydrogen (secondary N) is 1. The molecule has 7 heteroatoms. The lowest BCUT2D eigenvalue weighted by Crippen LogP contribution is -2.40. The van der Waals surface area contributed by atoms with Gasteiger partial charge in [0.1, 0.15) is 0 Å². The average Bonchev–Trinajstić information content (AvgIpc) is 3.31. The van der Waals surface area contributed by atoms with Crippen molar-refractivity contribution in [3.8, 4) is 11.5 Å². The standard InChI is InChI=1S/C19H29N3O4/c1-3-20-19(22-7-6-16(12-22)13-24-9-8-23-2)21-11-15-4-5-17-18(10-15)26-14-25-17/h4-5,10,16H,3,6-9,11-14H2,1-2H3,(H,20,21). The van der Waals surface area contributed by atoms with Gasteiger partial charge in [0, 0.05) is 32.7 Å². The maximum atomic E-state index is 5.68. The van der Waals surface area contributed by atoms with E-state index in [1.807, 2.05) is 18.2 Å². The number of aliphatic imine (C=N–C) groups is 1. The van der Waals surface area contributed by atoms with Crippen LogP contribution in [0.15, 0.2) is 23.2 Å². The van der Waals surface area contributed by atoms with E-state index in [9.17, 15) is 0 Å². The quantitative estimate of drug-likeness (QED) is 0.432. The Labute approximate surface area is 155 Å². The summed E-state index contributed by atoms with van der Waals surface area (Å²) in [5, 5.41) is 3.40. The largest absolute Gasteiger partial charge is 0.454 e. The number of fused-ring (bicyclic) bond motifs is 1. The van der Waals surface area contributed by atoms with E-state index < -0.39 is 0 Å². The first-order chi connectivity index (χ1) is 12.8. The van der Waals surface area contributed by atoms with E-state index in [4.69, 9.17) is 23.9 Å². The van der Waals surface area contributed by atoms with Crippen molar-refractivity contribution in [3.63, 3.8) is 0 Å². The summed E-state index contributed by atoms with van der Waals surface area (Å²) in [6.45, 7) is 7.92. The van der Waals surface area contributed by atoms with Crippen LogP contribution < -0.4 is 14.8 Å². The van der Waals surface area contributed by atoms with Crippen molar-refractivity contribution < 1.29 is 18.9 Å². The number of rotatable bonds is 8. The monoisotopic (exact) mass is 363 g/mol. The Morgan fingerprint density at radius 1 is 1.31 bits per heavy atom. The fourth-order valence-corrected chi connectivity index (χ4v) is 3.18. The van der Waals surface area contributed by atoms with E-state index >= 15 is 0 Å². The SMILES string of the molecule is CCNC(=NCc1ccc2c(c1)OCO2)N1CCC(COCCOC)C1. The van der Waals surface area contributed by atoms with Crippen LogP contribution in [-0.4, -0.2) is 64.2 Å². The fraction of sp³-hybridized carbons (Fsp3) is 0.632. The van der Waals surface area contributed by atoms with Crippen LogP contribution in [0.2, 0.25) is 0 Å². The molecule has 1 N–H and O–H groups in total. The van der Waals surface area contributed by atoms with Gasteiger partial charge in [-0.05, 0) is 31.0 Å².